The molecule has 0 aliphatic heterocycles. The Morgan fingerprint density at radius 2 is 2.00 bits per heavy atom. The summed E-state index contributed by atoms with van der Waals surface area (Å²) < 4.78 is 5.14. The van der Waals surface area contributed by atoms with Crippen molar-refractivity contribution in [3.8, 4) is 5.75 Å². The van der Waals surface area contributed by atoms with E-state index in [1.807, 2.05) is 6.07 Å². The monoisotopic (exact) mass is 216 g/mol. The molecule has 1 aromatic carbocycles. The number of carbonyl (C=O) groups is 1. The molecular formula is C13H12O3. The average Bonchev–Trinajstić information content (AvgIpc) is 2.79. The Balaban J connectivity index is 2.01. The Kier molecular flexibility index (Phi) is 3.05. The molecule has 1 heterocycles. The lowest BCUT2D eigenvalue weighted by atomic mass is 10.1. The predicted molar refractivity (Wildman–Crippen MR) is 59.5 cm³/mol. The molecular weight excluding hydrogens is 204 g/mol. The number of hydrogen-bond donors (Lipinski definition) is 1. The van der Waals surface area contributed by atoms with Crippen molar-refractivity contribution in [3.63, 3.8) is 0 Å². The highest BCUT2D eigenvalue weighted by Gasteiger charge is 2.10. The molecule has 3 heteroatoms. The number of hydrogen-bond acceptors (Lipinski definition) is 3. The smallest absolute Gasteiger partial charge is 0.167 e. The summed E-state index contributed by atoms with van der Waals surface area (Å²) in [7, 11) is 0. The SMILES string of the molecule is O=C(CCc1ccco1)c1ccccc1O. The quantitative estimate of drug-likeness (QED) is 0.799. The molecule has 0 aliphatic carbocycles. The van der Waals surface area contributed by atoms with Gasteiger partial charge in [-0.1, -0.05) is 12.1 Å². The van der Waals surface area contributed by atoms with Crippen LogP contribution in [-0.4, -0.2) is 10.9 Å². The third-order valence-electron chi connectivity index (χ3n) is 2.38. The van der Waals surface area contributed by atoms with E-state index in [4.69, 9.17) is 4.42 Å². The van der Waals surface area contributed by atoms with Gasteiger partial charge in [-0.15, -0.1) is 0 Å². The van der Waals surface area contributed by atoms with E-state index < -0.39 is 0 Å². The summed E-state index contributed by atoms with van der Waals surface area (Å²) in [6, 6.07) is 10.2. The van der Waals surface area contributed by atoms with Crippen LogP contribution in [0.2, 0.25) is 0 Å². The molecule has 0 fully saturated rings. The molecule has 0 amide bonds. The molecule has 16 heavy (non-hydrogen) atoms. The van der Waals surface area contributed by atoms with Crippen LogP contribution in [0, 0.1) is 0 Å². The highest BCUT2D eigenvalue weighted by atomic mass is 16.3. The van der Waals surface area contributed by atoms with Gasteiger partial charge in [0.25, 0.3) is 0 Å². The van der Waals surface area contributed by atoms with E-state index in [1.54, 1.807) is 30.5 Å². The zero-order valence-corrected chi connectivity index (χ0v) is 8.72. The number of ketones is 1. The van der Waals surface area contributed by atoms with E-state index in [2.05, 4.69) is 0 Å². The molecule has 0 radical (unpaired) electrons. The van der Waals surface area contributed by atoms with E-state index in [9.17, 15) is 9.90 Å². The lowest BCUT2D eigenvalue weighted by Gasteiger charge is -2.02. The van der Waals surface area contributed by atoms with Crippen molar-refractivity contribution in [3.05, 3.63) is 54.0 Å². The normalized spacial score (nSPS) is 10.2. The van der Waals surface area contributed by atoms with Crippen LogP contribution < -0.4 is 0 Å². The van der Waals surface area contributed by atoms with Crippen molar-refractivity contribution in [2.45, 2.75) is 12.8 Å². The molecule has 3 nitrogen and oxygen atoms in total. The lowest BCUT2D eigenvalue weighted by molar-refractivity contribution is 0.0978. The maximum Gasteiger partial charge on any atom is 0.167 e. The molecule has 0 atom stereocenters. The number of aromatic hydroxyl groups is 1. The Labute approximate surface area is 93.3 Å². The molecule has 1 N–H and O–H groups in total. The number of Topliss-reactive ketones (excluding diaryl/α,β-unsaturated/α-hetero) is 1. The Morgan fingerprint density at radius 3 is 2.69 bits per heavy atom. The molecule has 0 unspecified atom stereocenters. The summed E-state index contributed by atoms with van der Waals surface area (Å²) in [4.78, 5) is 11.8. The maximum absolute atomic E-state index is 11.8. The number of phenols is 1. The van der Waals surface area contributed by atoms with Gasteiger partial charge in [0.05, 0.1) is 11.8 Å². The van der Waals surface area contributed by atoms with Gasteiger partial charge in [0.2, 0.25) is 0 Å². The molecule has 1 aromatic heterocycles. The fourth-order valence-electron chi connectivity index (χ4n) is 1.54. The van der Waals surface area contributed by atoms with Crippen molar-refractivity contribution >= 4 is 5.78 Å². The first-order valence-electron chi connectivity index (χ1n) is 5.11. The van der Waals surface area contributed by atoms with Crippen LogP contribution in [0.5, 0.6) is 5.75 Å². The number of rotatable bonds is 4. The molecule has 0 saturated carbocycles. The number of para-hydroxylation sites is 1. The number of carbonyl (C=O) groups excluding carboxylic acids is 1. The second kappa shape index (κ2) is 4.66. The summed E-state index contributed by atoms with van der Waals surface area (Å²) >= 11 is 0. The van der Waals surface area contributed by atoms with Crippen LogP contribution in [0.3, 0.4) is 0 Å². The van der Waals surface area contributed by atoms with Crippen molar-refractivity contribution in [1.29, 1.82) is 0 Å². The highest BCUT2D eigenvalue weighted by Crippen LogP contribution is 2.18. The van der Waals surface area contributed by atoms with Crippen LogP contribution in [-0.2, 0) is 6.42 Å². The first-order valence-corrected chi connectivity index (χ1v) is 5.11. The van der Waals surface area contributed by atoms with Crippen molar-refractivity contribution in [2.24, 2.45) is 0 Å². The number of furan rings is 1. The minimum Gasteiger partial charge on any atom is -0.507 e. The topological polar surface area (TPSA) is 50.4 Å². The number of benzene rings is 1. The predicted octanol–water partition coefficient (Wildman–Crippen LogP) is 2.80. The summed E-state index contributed by atoms with van der Waals surface area (Å²) in [5.74, 6) is 0.741. The molecule has 0 spiro atoms. The minimum atomic E-state index is -0.0745. The molecule has 0 saturated heterocycles. The fourth-order valence-corrected chi connectivity index (χ4v) is 1.54. The van der Waals surface area contributed by atoms with Gasteiger partial charge in [0, 0.05) is 12.8 Å². The van der Waals surface area contributed by atoms with Crippen LogP contribution in [0.4, 0.5) is 0 Å². The highest BCUT2D eigenvalue weighted by molar-refractivity contribution is 5.98. The van der Waals surface area contributed by atoms with Crippen LogP contribution >= 0.6 is 0 Å². The maximum atomic E-state index is 11.8. The van der Waals surface area contributed by atoms with Crippen LogP contribution in [0.15, 0.2) is 47.1 Å². The number of aryl methyl sites for hydroxylation is 1. The second-order valence-electron chi connectivity index (χ2n) is 3.52. The Morgan fingerprint density at radius 1 is 1.19 bits per heavy atom. The summed E-state index contributed by atoms with van der Waals surface area (Å²) in [6.07, 6.45) is 2.48. The van der Waals surface area contributed by atoms with Gasteiger partial charge in [-0.3, -0.25) is 4.79 Å². The summed E-state index contributed by atoms with van der Waals surface area (Å²) in [5, 5.41) is 9.49. The largest absolute Gasteiger partial charge is 0.507 e. The Bertz CT molecular complexity index is 472. The second-order valence-corrected chi connectivity index (χ2v) is 3.52. The zero-order chi connectivity index (χ0) is 11.4. The third-order valence-corrected chi connectivity index (χ3v) is 2.38. The van der Waals surface area contributed by atoms with E-state index >= 15 is 0 Å². The molecule has 2 aromatic rings. The third kappa shape index (κ3) is 2.31. The summed E-state index contributed by atoms with van der Waals surface area (Å²) in [6.45, 7) is 0. The molecule has 2 rings (SSSR count). The van der Waals surface area contributed by atoms with Gasteiger partial charge in [-0.05, 0) is 24.3 Å². The zero-order valence-electron chi connectivity index (χ0n) is 8.72. The average molecular weight is 216 g/mol. The van der Waals surface area contributed by atoms with Gasteiger partial charge in [0.1, 0.15) is 11.5 Å². The van der Waals surface area contributed by atoms with Crippen molar-refractivity contribution < 1.29 is 14.3 Å². The molecule has 0 aliphatic rings. The van der Waals surface area contributed by atoms with Crippen LogP contribution in [0.1, 0.15) is 22.5 Å². The molecule has 82 valence electrons. The van der Waals surface area contributed by atoms with Gasteiger partial charge in [0.15, 0.2) is 5.78 Å². The van der Waals surface area contributed by atoms with Crippen molar-refractivity contribution in [2.75, 3.05) is 0 Å². The van der Waals surface area contributed by atoms with Gasteiger partial charge in [-0.2, -0.15) is 0 Å². The lowest BCUT2D eigenvalue weighted by Crippen LogP contribution is -2.00. The number of phenolic OH excluding ortho intramolecular Hbond substituents is 1. The van der Waals surface area contributed by atoms with Gasteiger partial charge < -0.3 is 9.52 Å². The first kappa shape index (κ1) is 10.5. The van der Waals surface area contributed by atoms with Gasteiger partial charge in [-0.25, -0.2) is 0 Å². The molecule has 0 bridgehead atoms. The minimum absolute atomic E-state index is 0.0342. The van der Waals surface area contributed by atoms with E-state index in [0.717, 1.165) is 5.76 Å². The fraction of sp³-hybridized carbons (Fsp3) is 0.154. The first-order chi connectivity index (χ1) is 7.77. The Hall–Kier alpha value is -2.03. The van der Waals surface area contributed by atoms with Crippen molar-refractivity contribution in [1.82, 2.24) is 0 Å². The van der Waals surface area contributed by atoms with Crippen LogP contribution in [0.25, 0.3) is 0 Å². The van der Waals surface area contributed by atoms with Gasteiger partial charge >= 0.3 is 0 Å². The van der Waals surface area contributed by atoms with E-state index in [-0.39, 0.29) is 11.5 Å². The standard InChI is InChI=1S/C13H12O3/c14-12-6-2-1-5-11(12)13(15)8-7-10-4-3-9-16-10/h1-6,9,14H,7-8H2. The summed E-state index contributed by atoms with van der Waals surface area (Å²) in [5.41, 5.74) is 0.369. The van der Waals surface area contributed by atoms with E-state index in [0.29, 0.717) is 18.4 Å². The van der Waals surface area contributed by atoms with E-state index in [1.165, 1.54) is 6.07 Å².